The number of hydrogen-bond donors (Lipinski definition) is 1. The van der Waals surface area contributed by atoms with Gasteiger partial charge in [0.05, 0.1) is 0 Å². The van der Waals surface area contributed by atoms with Crippen LogP contribution in [0.15, 0.2) is 35.4 Å². The molecule has 1 N–H and O–H groups in total. The van der Waals surface area contributed by atoms with Crippen molar-refractivity contribution in [3.63, 3.8) is 0 Å². The maximum absolute atomic E-state index is 11.3. The van der Waals surface area contributed by atoms with Crippen LogP contribution in [0.2, 0.25) is 0 Å². The molecule has 0 saturated carbocycles. The molecule has 0 saturated heterocycles. The van der Waals surface area contributed by atoms with E-state index in [0.717, 1.165) is 12.1 Å². The first kappa shape index (κ1) is 12.4. The molecular formula is C13H18N2O. The number of carbonyl (C=O) groups is 1. The molecule has 1 aromatic rings. The highest BCUT2D eigenvalue weighted by atomic mass is 16.2. The summed E-state index contributed by atoms with van der Waals surface area (Å²) in [4.78, 5) is 11.3. The molecule has 86 valence electrons. The van der Waals surface area contributed by atoms with Gasteiger partial charge in [-0.05, 0) is 12.5 Å². The van der Waals surface area contributed by atoms with Crippen LogP contribution < -0.4 is 5.43 Å². The summed E-state index contributed by atoms with van der Waals surface area (Å²) in [5.41, 5.74) is 4.65. The van der Waals surface area contributed by atoms with Crippen LogP contribution in [-0.4, -0.2) is 11.6 Å². The Hall–Kier alpha value is -1.64. The summed E-state index contributed by atoms with van der Waals surface area (Å²) in [5, 5.41) is 4.06. The van der Waals surface area contributed by atoms with Gasteiger partial charge in [-0.1, -0.05) is 44.2 Å². The quantitative estimate of drug-likeness (QED) is 0.612. The zero-order chi connectivity index (χ0) is 12.0. The second kappa shape index (κ2) is 6.05. The monoisotopic (exact) mass is 218 g/mol. The van der Waals surface area contributed by atoms with Gasteiger partial charge >= 0.3 is 0 Å². The van der Waals surface area contributed by atoms with Crippen molar-refractivity contribution in [3.8, 4) is 0 Å². The second-order valence-corrected chi connectivity index (χ2v) is 4.14. The van der Waals surface area contributed by atoms with Crippen LogP contribution in [0.1, 0.15) is 26.3 Å². The average Bonchev–Trinajstić information content (AvgIpc) is 2.27. The van der Waals surface area contributed by atoms with Crippen LogP contribution >= 0.6 is 0 Å². The third-order valence-electron chi connectivity index (χ3n) is 2.18. The normalized spacial score (nSPS) is 11.6. The molecule has 0 bridgehead atoms. The predicted molar refractivity (Wildman–Crippen MR) is 66.2 cm³/mol. The molecule has 0 spiro atoms. The Morgan fingerprint density at radius 3 is 2.50 bits per heavy atom. The van der Waals surface area contributed by atoms with Crippen molar-refractivity contribution < 1.29 is 4.79 Å². The van der Waals surface area contributed by atoms with Gasteiger partial charge in [0, 0.05) is 18.1 Å². The van der Waals surface area contributed by atoms with Crippen LogP contribution in [0, 0.1) is 5.92 Å². The van der Waals surface area contributed by atoms with Crippen molar-refractivity contribution in [1.29, 1.82) is 0 Å². The first-order valence-corrected chi connectivity index (χ1v) is 5.46. The lowest BCUT2D eigenvalue weighted by Crippen LogP contribution is -2.24. The zero-order valence-electron chi connectivity index (χ0n) is 10.0. The summed E-state index contributed by atoms with van der Waals surface area (Å²) in [6.07, 6.45) is 0.763. The van der Waals surface area contributed by atoms with E-state index in [2.05, 4.69) is 10.5 Å². The molecule has 0 radical (unpaired) electrons. The molecule has 1 amide bonds. The highest BCUT2D eigenvalue weighted by Gasteiger charge is 2.04. The molecule has 0 aliphatic carbocycles. The smallest absolute Gasteiger partial charge is 0.242 e. The first-order chi connectivity index (χ1) is 7.59. The Balaban J connectivity index is 2.49. The SMILES string of the molecule is C/C(Cc1ccccc1)=N/NC(=O)C(C)C. The number of nitrogens with one attached hydrogen (secondary N) is 1. The minimum Gasteiger partial charge on any atom is -0.273 e. The van der Waals surface area contributed by atoms with Crippen LogP contribution in [0.5, 0.6) is 0 Å². The zero-order valence-corrected chi connectivity index (χ0v) is 10.0. The Bertz CT molecular complexity index is 369. The third kappa shape index (κ3) is 4.26. The highest BCUT2D eigenvalue weighted by molar-refractivity contribution is 5.86. The van der Waals surface area contributed by atoms with E-state index < -0.39 is 0 Å². The molecule has 3 nitrogen and oxygen atoms in total. The molecule has 0 aromatic heterocycles. The van der Waals surface area contributed by atoms with Gasteiger partial charge in [-0.25, -0.2) is 5.43 Å². The van der Waals surface area contributed by atoms with E-state index >= 15 is 0 Å². The van der Waals surface area contributed by atoms with Crippen LogP contribution in [0.4, 0.5) is 0 Å². The highest BCUT2D eigenvalue weighted by Crippen LogP contribution is 2.00. The molecule has 1 aromatic carbocycles. The van der Waals surface area contributed by atoms with Gasteiger partial charge in [0.15, 0.2) is 0 Å². The largest absolute Gasteiger partial charge is 0.273 e. The summed E-state index contributed by atoms with van der Waals surface area (Å²) in [6.45, 7) is 5.60. The van der Waals surface area contributed by atoms with Crippen molar-refractivity contribution >= 4 is 11.6 Å². The lowest BCUT2D eigenvalue weighted by Gasteiger charge is -2.04. The maximum atomic E-state index is 11.3. The molecule has 0 atom stereocenters. The summed E-state index contributed by atoms with van der Waals surface area (Å²) in [7, 11) is 0. The molecular weight excluding hydrogens is 200 g/mol. The Kier molecular flexibility index (Phi) is 4.70. The number of benzene rings is 1. The minimum absolute atomic E-state index is 0.0340. The van der Waals surface area contributed by atoms with Gasteiger partial charge in [-0.2, -0.15) is 5.10 Å². The van der Waals surface area contributed by atoms with E-state index in [4.69, 9.17) is 0 Å². The van der Waals surface area contributed by atoms with E-state index in [1.54, 1.807) is 0 Å². The van der Waals surface area contributed by atoms with E-state index in [0.29, 0.717) is 0 Å². The number of nitrogens with zero attached hydrogens (tertiary/aromatic N) is 1. The van der Waals surface area contributed by atoms with E-state index in [-0.39, 0.29) is 11.8 Å². The fourth-order valence-corrected chi connectivity index (χ4v) is 1.21. The van der Waals surface area contributed by atoms with E-state index in [1.807, 2.05) is 51.1 Å². The number of hydrazone groups is 1. The third-order valence-corrected chi connectivity index (χ3v) is 2.18. The molecule has 16 heavy (non-hydrogen) atoms. The number of carbonyl (C=O) groups excluding carboxylic acids is 1. The molecule has 0 unspecified atom stereocenters. The van der Waals surface area contributed by atoms with Crippen LogP contribution in [-0.2, 0) is 11.2 Å². The Morgan fingerprint density at radius 2 is 1.94 bits per heavy atom. The minimum atomic E-state index is -0.0487. The number of rotatable bonds is 4. The summed E-state index contributed by atoms with van der Waals surface area (Å²) in [6, 6.07) is 10.1. The fourth-order valence-electron chi connectivity index (χ4n) is 1.21. The summed E-state index contributed by atoms with van der Waals surface area (Å²) < 4.78 is 0. The molecule has 0 aliphatic rings. The van der Waals surface area contributed by atoms with Crippen molar-refractivity contribution in [2.45, 2.75) is 27.2 Å². The first-order valence-electron chi connectivity index (χ1n) is 5.46. The van der Waals surface area contributed by atoms with E-state index in [1.165, 1.54) is 5.56 Å². The fraction of sp³-hybridized carbons (Fsp3) is 0.385. The topological polar surface area (TPSA) is 41.5 Å². The number of amides is 1. The molecule has 0 heterocycles. The van der Waals surface area contributed by atoms with Crippen molar-refractivity contribution in [3.05, 3.63) is 35.9 Å². The van der Waals surface area contributed by atoms with Crippen LogP contribution in [0.3, 0.4) is 0 Å². The standard InChI is InChI=1S/C13H18N2O/c1-10(2)13(16)15-14-11(3)9-12-7-5-4-6-8-12/h4-8,10H,9H2,1-3H3,(H,15,16)/b14-11-. The van der Waals surface area contributed by atoms with Gasteiger partial charge in [-0.3, -0.25) is 4.79 Å². The van der Waals surface area contributed by atoms with Gasteiger partial charge < -0.3 is 0 Å². The number of hydrogen-bond acceptors (Lipinski definition) is 2. The van der Waals surface area contributed by atoms with Gasteiger partial charge in [0.1, 0.15) is 0 Å². The Labute approximate surface area is 96.6 Å². The molecule has 3 heteroatoms. The van der Waals surface area contributed by atoms with E-state index in [9.17, 15) is 4.79 Å². The van der Waals surface area contributed by atoms with Gasteiger partial charge in [0.2, 0.25) is 5.91 Å². The van der Waals surface area contributed by atoms with Crippen molar-refractivity contribution in [2.24, 2.45) is 11.0 Å². The predicted octanol–water partition coefficient (Wildman–Crippen LogP) is 2.38. The van der Waals surface area contributed by atoms with Crippen molar-refractivity contribution in [2.75, 3.05) is 0 Å². The molecule has 1 rings (SSSR count). The lowest BCUT2D eigenvalue weighted by atomic mass is 10.1. The average molecular weight is 218 g/mol. The van der Waals surface area contributed by atoms with Gasteiger partial charge in [-0.15, -0.1) is 0 Å². The maximum Gasteiger partial charge on any atom is 0.242 e. The molecule has 0 aliphatic heterocycles. The van der Waals surface area contributed by atoms with Crippen LogP contribution in [0.25, 0.3) is 0 Å². The molecule has 0 fully saturated rings. The Morgan fingerprint density at radius 1 is 1.31 bits per heavy atom. The summed E-state index contributed by atoms with van der Waals surface area (Å²) in [5.74, 6) is -0.0827. The van der Waals surface area contributed by atoms with Crippen molar-refractivity contribution in [1.82, 2.24) is 5.43 Å². The lowest BCUT2D eigenvalue weighted by molar-refractivity contribution is -0.123. The summed E-state index contributed by atoms with van der Waals surface area (Å²) >= 11 is 0. The van der Waals surface area contributed by atoms with Gasteiger partial charge in [0.25, 0.3) is 0 Å². The second-order valence-electron chi connectivity index (χ2n) is 4.14.